The molecule has 146 valence electrons. The molecule has 0 unspecified atom stereocenters. The number of hydrogen-bond acceptors (Lipinski definition) is 3. The number of halogens is 1. The first-order valence-electron chi connectivity index (χ1n) is 9.81. The second kappa shape index (κ2) is 8.65. The number of aromatic nitrogens is 2. The fourth-order valence-corrected chi connectivity index (χ4v) is 3.86. The molecule has 0 N–H and O–H groups in total. The zero-order valence-corrected chi connectivity index (χ0v) is 16.6. The molecular formula is C22H24ClN3O2. The Morgan fingerprint density at radius 3 is 2.50 bits per heavy atom. The summed E-state index contributed by atoms with van der Waals surface area (Å²) in [5.74, 6) is 1.48. The van der Waals surface area contributed by atoms with E-state index in [0.717, 1.165) is 42.8 Å². The number of amides is 1. The first-order chi connectivity index (χ1) is 13.7. The predicted octanol–water partition coefficient (Wildman–Crippen LogP) is 4.67. The number of carbonyl (C=O) groups is 1. The van der Waals surface area contributed by atoms with Crippen LogP contribution in [-0.4, -0.2) is 33.4 Å². The number of carbonyl (C=O) groups excluding carboxylic acids is 1. The van der Waals surface area contributed by atoms with Gasteiger partial charge in [-0.25, -0.2) is 4.98 Å². The Balaban J connectivity index is 1.58. The van der Waals surface area contributed by atoms with Gasteiger partial charge in [-0.2, -0.15) is 0 Å². The molecule has 0 aliphatic carbocycles. The quantitative estimate of drug-likeness (QED) is 0.628. The van der Waals surface area contributed by atoms with Gasteiger partial charge in [0.25, 0.3) is 0 Å². The third-order valence-electron chi connectivity index (χ3n) is 5.18. The van der Waals surface area contributed by atoms with Crippen LogP contribution in [0.25, 0.3) is 11.0 Å². The maximum Gasteiger partial charge on any atom is 0.242 e. The van der Waals surface area contributed by atoms with E-state index in [9.17, 15) is 4.79 Å². The van der Waals surface area contributed by atoms with E-state index < -0.39 is 0 Å². The van der Waals surface area contributed by atoms with Gasteiger partial charge in [-0.05, 0) is 37.1 Å². The molecule has 5 nitrogen and oxygen atoms in total. The molecule has 0 atom stereocenters. The summed E-state index contributed by atoms with van der Waals surface area (Å²) in [7, 11) is 0. The van der Waals surface area contributed by atoms with E-state index in [4.69, 9.17) is 21.3 Å². The van der Waals surface area contributed by atoms with Gasteiger partial charge in [-0.15, -0.1) is 0 Å². The van der Waals surface area contributed by atoms with Crippen LogP contribution in [0.5, 0.6) is 5.75 Å². The second-order valence-electron chi connectivity index (χ2n) is 7.12. The SMILES string of the molecule is O=C(Cn1c(COc2ccccc2Cl)nc2ccccc21)N1CCCCCC1. The van der Waals surface area contributed by atoms with E-state index >= 15 is 0 Å². The predicted molar refractivity (Wildman–Crippen MR) is 111 cm³/mol. The summed E-state index contributed by atoms with van der Waals surface area (Å²) in [6.07, 6.45) is 4.57. The number of imidazole rings is 1. The number of para-hydroxylation sites is 3. The van der Waals surface area contributed by atoms with Crippen LogP contribution in [0.4, 0.5) is 0 Å². The summed E-state index contributed by atoms with van der Waals surface area (Å²) in [6, 6.07) is 15.3. The fraction of sp³-hybridized carbons (Fsp3) is 0.364. The number of hydrogen-bond donors (Lipinski definition) is 0. The van der Waals surface area contributed by atoms with Crippen LogP contribution in [0, 0.1) is 0 Å². The van der Waals surface area contributed by atoms with E-state index in [0.29, 0.717) is 10.8 Å². The molecule has 1 saturated heterocycles. The number of benzene rings is 2. The van der Waals surface area contributed by atoms with E-state index in [2.05, 4.69) is 0 Å². The highest BCUT2D eigenvalue weighted by molar-refractivity contribution is 6.32. The summed E-state index contributed by atoms with van der Waals surface area (Å²) < 4.78 is 7.87. The normalized spacial score (nSPS) is 14.8. The van der Waals surface area contributed by atoms with Crippen LogP contribution < -0.4 is 4.74 Å². The summed E-state index contributed by atoms with van der Waals surface area (Å²) in [4.78, 5) is 19.6. The monoisotopic (exact) mass is 397 g/mol. The maximum absolute atomic E-state index is 13.0. The standard InChI is InChI=1S/C22H24ClN3O2/c23-17-9-3-6-12-20(17)28-16-21-24-18-10-4-5-11-19(18)26(21)15-22(27)25-13-7-1-2-8-14-25/h3-6,9-12H,1-2,7-8,13-16H2. The Morgan fingerprint density at radius 2 is 1.71 bits per heavy atom. The molecule has 0 saturated carbocycles. The Morgan fingerprint density at radius 1 is 1.00 bits per heavy atom. The molecule has 1 aliphatic heterocycles. The Hall–Kier alpha value is -2.53. The summed E-state index contributed by atoms with van der Waals surface area (Å²) >= 11 is 6.20. The lowest BCUT2D eigenvalue weighted by Crippen LogP contribution is -2.35. The van der Waals surface area contributed by atoms with Crippen LogP contribution in [0.3, 0.4) is 0 Å². The maximum atomic E-state index is 13.0. The molecule has 6 heteroatoms. The highest BCUT2D eigenvalue weighted by Crippen LogP contribution is 2.25. The molecule has 1 aliphatic rings. The number of ether oxygens (including phenoxy) is 1. The van der Waals surface area contributed by atoms with E-state index in [1.54, 1.807) is 6.07 Å². The van der Waals surface area contributed by atoms with Gasteiger partial charge in [-0.3, -0.25) is 4.79 Å². The number of rotatable bonds is 5. The molecule has 2 heterocycles. The van der Waals surface area contributed by atoms with Gasteiger partial charge in [0.2, 0.25) is 5.91 Å². The molecule has 28 heavy (non-hydrogen) atoms. The van der Waals surface area contributed by atoms with Crippen molar-refractivity contribution in [2.45, 2.75) is 38.8 Å². The zero-order chi connectivity index (χ0) is 19.3. The average Bonchev–Trinajstić information content (AvgIpc) is 2.87. The van der Waals surface area contributed by atoms with Gasteiger partial charge in [-0.1, -0.05) is 48.7 Å². The third-order valence-corrected chi connectivity index (χ3v) is 5.49. The Kier molecular flexibility index (Phi) is 5.81. The van der Waals surface area contributed by atoms with Crippen molar-refractivity contribution < 1.29 is 9.53 Å². The van der Waals surface area contributed by atoms with E-state index in [1.807, 2.05) is 51.9 Å². The molecule has 2 aromatic carbocycles. The second-order valence-corrected chi connectivity index (χ2v) is 7.52. The smallest absolute Gasteiger partial charge is 0.242 e. The average molecular weight is 398 g/mol. The topological polar surface area (TPSA) is 47.4 Å². The third kappa shape index (κ3) is 4.14. The zero-order valence-electron chi connectivity index (χ0n) is 15.8. The largest absolute Gasteiger partial charge is 0.484 e. The van der Waals surface area contributed by atoms with Crippen molar-refractivity contribution in [2.24, 2.45) is 0 Å². The van der Waals surface area contributed by atoms with Gasteiger partial charge in [0.15, 0.2) is 0 Å². The van der Waals surface area contributed by atoms with Crippen LogP contribution in [-0.2, 0) is 17.9 Å². The van der Waals surface area contributed by atoms with Crippen molar-refractivity contribution in [2.75, 3.05) is 13.1 Å². The highest BCUT2D eigenvalue weighted by atomic mass is 35.5. The summed E-state index contributed by atoms with van der Waals surface area (Å²) in [5, 5.41) is 0.561. The molecule has 0 radical (unpaired) electrons. The van der Waals surface area contributed by atoms with Crippen LogP contribution in [0.1, 0.15) is 31.5 Å². The molecule has 4 rings (SSSR count). The van der Waals surface area contributed by atoms with Gasteiger partial charge < -0.3 is 14.2 Å². The fourth-order valence-electron chi connectivity index (χ4n) is 3.67. The van der Waals surface area contributed by atoms with Gasteiger partial charge >= 0.3 is 0 Å². The lowest BCUT2D eigenvalue weighted by atomic mass is 10.2. The van der Waals surface area contributed by atoms with E-state index in [1.165, 1.54) is 12.8 Å². The first kappa shape index (κ1) is 18.8. The minimum atomic E-state index is 0.143. The molecule has 1 amide bonds. The number of nitrogens with zero attached hydrogens (tertiary/aromatic N) is 3. The minimum Gasteiger partial charge on any atom is -0.484 e. The van der Waals surface area contributed by atoms with Crippen molar-refractivity contribution in [3.05, 3.63) is 59.4 Å². The van der Waals surface area contributed by atoms with Gasteiger partial charge in [0.05, 0.1) is 16.1 Å². The minimum absolute atomic E-state index is 0.143. The summed E-state index contributed by atoms with van der Waals surface area (Å²) in [5.41, 5.74) is 1.81. The van der Waals surface area contributed by atoms with Crippen molar-refractivity contribution >= 4 is 28.5 Å². The summed E-state index contributed by atoms with van der Waals surface area (Å²) in [6.45, 7) is 2.22. The van der Waals surface area contributed by atoms with Crippen LogP contribution >= 0.6 is 11.6 Å². The van der Waals surface area contributed by atoms with Crippen LogP contribution in [0.2, 0.25) is 5.02 Å². The lowest BCUT2D eigenvalue weighted by molar-refractivity contribution is -0.131. The van der Waals surface area contributed by atoms with E-state index in [-0.39, 0.29) is 19.1 Å². The molecule has 1 aromatic heterocycles. The lowest BCUT2D eigenvalue weighted by Gasteiger charge is -2.21. The van der Waals surface area contributed by atoms with Gasteiger partial charge in [0.1, 0.15) is 24.7 Å². The molecule has 3 aromatic rings. The van der Waals surface area contributed by atoms with Crippen molar-refractivity contribution in [3.8, 4) is 5.75 Å². The Bertz CT molecular complexity index is 961. The number of likely N-dealkylation sites (tertiary alicyclic amines) is 1. The number of fused-ring (bicyclic) bond motifs is 1. The van der Waals surface area contributed by atoms with Crippen LogP contribution in [0.15, 0.2) is 48.5 Å². The van der Waals surface area contributed by atoms with Gasteiger partial charge in [0, 0.05) is 13.1 Å². The molecule has 0 spiro atoms. The van der Waals surface area contributed by atoms with Crippen molar-refractivity contribution in [1.29, 1.82) is 0 Å². The van der Waals surface area contributed by atoms with Crippen molar-refractivity contribution in [1.82, 2.24) is 14.5 Å². The first-order valence-corrected chi connectivity index (χ1v) is 10.2. The molecule has 0 bridgehead atoms. The molecular weight excluding hydrogens is 374 g/mol. The molecule has 1 fully saturated rings. The Labute approximate surface area is 169 Å². The van der Waals surface area contributed by atoms with Crippen molar-refractivity contribution in [3.63, 3.8) is 0 Å². The highest BCUT2D eigenvalue weighted by Gasteiger charge is 2.19.